The van der Waals surface area contributed by atoms with Crippen LogP contribution in [0, 0.1) is 0 Å². The van der Waals surface area contributed by atoms with Gasteiger partial charge in [0.05, 0.1) is 12.1 Å². The summed E-state index contributed by atoms with van der Waals surface area (Å²) in [5.74, 6) is 0.599. The van der Waals surface area contributed by atoms with E-state index in [4.69, 9.17) is 5.73 Å². The standard InChI is InChI=1S/C16H17N3S/c17-15-18-10-16(19-15)6-4-14-11(8-16)2-1-3-13(14)12-5-7-20-9-12/h1-3,5,7,9H,4,6,8,10H2,(H3,17,18,19)/t16-/m1/s1. The molecule has 4 rings (SSSR count). The van der Waals surface area contributed by atoms with E-state index >= 15 is 0 Å². The molecule has 0 fully saturated rings. The Bertz CT molecular complexity index is 675. The summed E-state index contributed by atoms with van der Waals surface area (Å²) >= 11 is 1.76. The van der Waals surface area contributed by atoms with Crippen LogP contribution < -0.4 is 11.1 Å². The Balaban J connectivity index is 1.72. The maximum atomic E-state index is 5.81. The fourth-order valence-electron chi connectivity index (χ4n) is 3.43. The average Bonchev–Trinajstić information content (AvgIpc) is 3.09. The monoisotopic (exact) mass is 283 g/mol. The summed E-state index contributed by atoms with van der Waals surface area (Å²) in [6.45, 7) is 0.807. The van der Waals surface area contributed by atoms with Crippen molar-refractivity contribution >= 4 is 17.3 Å². The average molecular weight is 283 g/mol. The number of nitrogens with zero attached hydrogens (tertiary/aromatic N) is 1. The second-order valence-corrected chi connectivity index (χ2v) is 6.52. The number of rotatable bonds is 1. The van der Waals surface area contributed by atoms with Gasteiger partial charge in [0.1, 0.15) is 0 Å². The molecule has 2 aromatic rings. The van der Waals surface area contributed by atoms with Gasteiger partial charge in [0.25, 0.3) is 0 Å². The molecule has 102 valence electrons. The highest BCUT2D eigenvalue weighted by Crippen LogP contribution is 2.36. The van der Waals surface area contributed by atoms with Gasteiger partial charge in [-0.3, -0.25) is 4.99 Å². The van der Waals surface area contributed by atoms with Crippen molar-refractivity contribution in [1.29, 1.82) is 0 Å². The number of aliphatic imine (C=N–C) groups is 1. The number of nitrogens with one attached hydrogen (secondary N) is 1. The topological polar surface area (TPSA) is 50.4 Å². The third kappa shape index (κ3) is 1.83. The Kier molecular flexibility index (Phi) is 2.60. The summed E-state index contributed by atoms with van der Waals surface area (Å²) in [4.78, 5) is 4.34. The smallest absolute Gasteiger partial charge is 0.189 e. The first kappa shape index (κ1) is 12.0. The maximum Gasteiger partial charge on any atom is 0.189 e. The highest BCUT2D eigenvalue weighted by Gasteiger charge is 2.38. The summed E-state index contributed by atoms with van der Waals surface area (Å²) in [6.07, 6.45) is 3.22. The molecule has 4 heteroatoms. The van der Waals surface area contributed by atoms with E-state index in [-0.39, 0.29) is 5.54 Å². The van der Waals surface area contributed by atoms with Gasteiger partial charge in [-0.15, -0.1) is 0 Å². The Hall–Kier alpha value is -1.81. The second-order valence-electron chi connectivity index (χ2n) is 5.74. The zero-order valence-electron chi connectivity index (χ0n) is 11.2. The second kappa shape index (κ2) is 4.35. The van der Waals surface area contributed by atoms with Crippen molar-refractivity contribution in [3.05, 3.63) is 46.2 Å². The van der Waals surface area contributed by atoms with Crippen LogP contribution in [0.1, 0.15) is 17.5 Å². The predicted molar refractivity (Wildman–Crippen MR) is 84.1 cm³/mol. The maximum absolute atomic E-state index is 5.81. The SMILES string of the molecule is NC1=NC[C@]2(CCc3c(cccc3-c3ccsc3)C2)N1. The summed E-state index contributed by atoms with van der Waals surface area (Å²) in [5.41, 5.74) is 11.6. The van der Waals surface area contributed by atoms with Gasteiger partial charge < -0.3 is 11.1 Å². The molecule has 1 atom stereocenters. The Labute approximate surface area is 122 Å². The van der Waals surface area contributed by atoms with Gasteiger partial charge in [0.15, 0.2) is 5.96 Å². The molecule has 0 saturated carbocycles. The number of benzene rings is 1. The third-order valence-corrected chi connectivity index (χ3v) is 5.12. The molecule has 0 bridgehead atoms. The number of thiophene rings is 1. The lowest BCUT2D eigenvalue weighted by Crippen LogP contribution is -2.51. The first-order chi connectivity index (χ1) is 9.76. The van der Waals surface area contributed by atoms with Crippen molar-refractivity contribution in [3.63, 3.8) is 0 Å². The van der Waals surface area contributed by atoms with E-state index in [0.717, 1.165) is 25.8 Å². The minimum absolute atomic E-state index is 0.0599. The highest BCUT2D eigenvalue weighted by atomic mass is 32.1. The van der Waals surface area contributed by atoms with Crippen LogP contribution in [0.15, 0.2) is 40.0 Å². The van der Waals surface area contributed by atoms with Gasteiger partial charge in [-0.05, 0) is 58.3 Å². The first-order valence-electron chi connectivity index (χ1n) is 6.97. The normalized spacial score (nSPS) is 24.3. The molecule has 3 N–H and O–H groups in total. The van der Waals surface area contributed by atoms with Crippen LogP contribution in [-0.2, 0) is 12.8 Å². The fourth-order valence-corrected chi connectivity index (χ4v) is 4.09. The third-order valence-electron chi connectivity index (χ3n) is 4.43. The summed E-state index contributed by atoms with van der Waals surface area (Å²) in [6, 6.07) is 8.87. The predicted octanol–water partition coefficient (Wildman–Crippen LogP) is 2.56. The van der Waals surface area contributed by atoms with Crippen molar-refractivity contribution in [2.45, 2.75) is 24.8 Å². The van der Waals surface area contributed by atoms with Crippen LogP contribution in [-0.4, -0.2) is 18.0 Å². The molecular formula is C16H17N3S. The molecule has 3 nitrogen and oxygen atoms in total. The minimum Gasteiger partial charge on any atom is -0.370 e. The summed E-state index contributed by atoms with van der Waals surface area (Å²) in [5, 5.41) is 7.77. The van der Waals surface area contributed by atoms with Crippen molar-refractivity contribution in [2.24, 2.45) is 10.7 Å². The van der Waals surface area contributed by atoms with E-state index in [1.807, 2.05) is 0 Å². The van der Waals surface area contributed by atoms with Crippen LogP contribution in [0.3, 0.4) is 0 Å². The van der Waals surface area contributed by atoms with E-state index in [1.165, 1.54) is 22.3 Å². The first-order valence-corrected chi connectivity index (χ1v) is 7.92. The molecule has 1 aromatic carbocycles. The molecule has 1 spiro atoms. The molecule has 2 aliphatic rings. The molecule has 2 heterocycles. The van der Waals surface area contributed by atoms with Gasteiger partial charge in [-0.2, -0.15) is 11.3 Å². The lowest BCUT2D eigenvalue weighted by Gasteiger charge is -2.35. The summed E-state index contributed by atoms with van der Waals surface area (Å²) in [7, 11) is 0. The number of hydrogen-bond donors (Lipinski definition) is 2. The van der Waals surface area contributed by atoms with Crippen molar-refractivity contribution < 1.29 is 0 Å². The molecule has 0 radical (unpaired) electrons. The molecule has 1 aromatic heterocycles. The van der Waals surface area contributed by atoms with Gasteiger partial charge in [0.2, 0.25) is 0 Å². The quantitative estimate of drug-likeness (QED) is 0.845. The van der Waals surface area contributed by atoms with E-state index in [1.54, 1.807) is 11.3 Å². The van der Waals surface area contributed by atoms with Gasteiger partial charge in [-0.25, -0.2) is 0 Å². The zero-order chi connectivity index (χ0) is 13.6. The molecule has 0 saturated heterocycles. The van der Waals surface area contributed by atoms with Crippen molar-refractivity contribution in [1.82, 2.24) is 5.32 Å². The number of guanidine groups is 1. The summed E-state index contributed by atoms with van der Waals surface area (Å²) < 4.78 is 0. The van der Waals surface area contributed by atoms with Crippen molar-refractivity contribution in [2.75, 3.05) is 6.54 Å². The number of hydrogen-bond acceptors (Lipinski definition) is 4. The van der Waals surface area contributed by atoms with E-state index in [0.29, 0.717) is 5.96 Å². The van der Waals surface area contributed by atoms with Crippen LogP contribution in [0.2, 0.25) is 0 Å². The minimum atomic E-state index is 0.0599. The molecule has 0 unspecified atom stereocenters. The van der Waals surface area contributed by atoms with E-state index < -0.39 is 0 Å². The van der Waals surface area contributed by atoms with Gasteiger partial charge >= 0.3 is 0 Å². The van der Waals surface area contributed by atoms with E-state index in [2.05, 4.69) is 45.3 Å². The largest absolute Gasteiger partial charge is 0.370 e. The van der Waals surface area contributed by atoms with Gasteiger partial charge in [-0.1, -0.05) is 18.2 Å². The Morgan fingerprint density at radius 3 is 3.00 bits per heavy atom. The van der Waals surface area contributed by atoms with Gasteiger partial charge in [0, 0.05) is 0 Å². The number of fused-ring (bicyclic) bond motifs is 1. The number of nitrogens with two attached hydrogens (primary N) is 1. The molecule has 1 aliphatic carbocycles. The van der Waals surface area contributed by atoms with E-state index in [9.17, 15) is 0 Å². The van der Waals surface area contributed by atoms with Crippen molar-refractivity contribution in [3.8, 4) is 11.1 Å². The van der Waals surface area contributed by atoms with Crippen LogP contribution >= 0.6 is 11.3 Å². The molecule has 1 aliphatic heterocycles. The lowest BCUT2D eigenvalue weighted by atomic mass is 9.76. The van der Waals surface area contributed by atoms with Crippen LogP contribution in [0.25, 0.3) is 11.1 Å². The lowest BCUT2D eigenvalue weighted by molar-refractivity contribution is 0.362. The fraction of sp³-hybridized carbons (Fsp3) is 0.312. The molecule has 20 heavy (non-hydrogen) atoms. The Morgan fingerprint density at radius 1 is 1.30 bits per heavy atom. The molecular weight excluding hydrogens is 266 g/mol. The van der Waals surface area contributed by atoms with Crippen LogP contribution in [0.4, 0.5) is 0 Å². The highest BCUT2D eigenvalue weighted by molar-refractivity contribution is 7.08. The molecule has 0 amide bonds. The Morgan fingerprint density at radius 2 is 2.25 bits per heavy atom. The van der Waals surface area contributed by atoms with Crippen LogP contribution in [0.5, 0.6) is 0 Å². The zero-order valence-corrected chi connectivity index (χ0v) is 12.0.